The summed E-state index contributed by atoms with van der Waals surface area (Å²) in [6, 6.07) is 6.03. The van der Waals surface area contributed by atoms with Crippen LogP contribution in [0.15, 0.2) is 28.9 Å². The molecule has 0 atom stereocenters. The smallest absolute Gasteiger partial charge is 0.0956 e. The first-order chi connectivity index (χ1) is 8.86. The summed E-state index contributed by atoms with van der Waals surface area (Å²) < 4.78 is 0.946. The Balaban J connectivity index is 2.66. The molecule has 0 radical (unpaired) electrons. The minimum atomic E-state index is 0.0811. The van der Waals surface area contributed by atoms with Crippen molar-refractivity contribution in [2.75, 3.05) is 17.7 Å². The van der Waals surface area contributed by atoms with Gasteiger partial charge in [0.2, 0.25) is 0 Å². The number of rotatable bonds is 3. The highest BCUT2D eigenvalue weighted by molar-refractivity contribution is 9.10. The zero-order chi connectivity index (χ0) is 14.2. The fraction of sp³-hybridized carbons (Fsp3) is 0.400. The molecule has 19 heavy (non-hydrogen) atoms. The maximum absolute atomic E-state index is 6.06. The maximum Gasteiger partial charge on any atom is 0.0956 e. The van der Waals surface area contributed by atoms with Crippen molar-refractivity contribution in [2.45, 2.75) is 32.7 Å². The van der Waals surface area contributed by atoms with E-state index >= 15 is 0 Å². The predicted octanol–water partition coefficient (Wildman–Crippen LogP) is 4.20. The number of pyridine rings is 1. The molecule has 2 aromatic rings. The molecule has 1 aromatic carbocycles. The van der Waals surface area contributed by atoms with Gasteiger partial charge in [-0.1, -0.05) is 6.92 Å². The number of hydrogen-bond donors (Lipinski definition) is 1. The number of benzene rings is 1. The van der Waals surface area contributed by atoms with Crippen molar-refractivity contribution in [2.24, 2.45) is 0 Å². The molecule has 0 unspecified atom stereocenters. The van der Waals surface area contributed by atoms with E-state index in [1.165, 1.54) is 0 Å². The molecule has 1 heterocycles. The molecule has 0 aliphatic rings. The molecule has 0 bridgehead atoms. The molecule has 0 amide bonds. The van der Waals surface area contributed by atoms with E-state index < -0.39 is 0 Å². The minimum Gasteiger partial charge on any atom is -0.398 e. The van der Waals surface area contributed by atoms with Crippen LogP contribution in [0, 0.1) is 0 Å². The SMILES string of the molecule is CCC(C)(C)N(C)c1ccc(N)c2cc(Br)cnc12. The van der Waals surface area contributed by atoms with Gasteiger partial charge in [0.05, 0.1) is 11.2 Å². The molecule has 102 valence electrons. The first-order valence-electron chi connectivity index (χ1n) is 6.44. The first kappa shape index (κ1) is 14.1. The number of nitrogens with zero attached hydrogens (tertiary/aromatic N) is 2. The second kappa shape index (κ2) is 5.00. The zero-order valence-electron chi connectivity index (χ0n) is 11.9. The van der Waals surface area contributed by atoms with Crippen LogP contribution in [0.5, 0.6) is 0 Å². The second-order valence-electron chi connectivity index (χ2n) is 5.45. The van der Waals surface area contributed by atoms with Gasteiger partial charge >= 0.3 is 0 Å². The largest absolute Gasteiger partial charge is 0.398 e. The Bertz CT molecular complexity index is 608. The minimum absolute atomic E-state index is 0.0811. The van der Waals surface area contributed by atoms with Crippen molar-refractivity contribution in [3.8, 4) is 0 Å². The van der Waals surface area contributed by atoms with Gasteiger partial charge in [0.25, 0.3) is 0 Å². The number of nitrogen functional groups attached to an aromatic ring is 1. The fourth-order valence-electron chi connectivity index (χ4n) is 2.03. The van der Waals surface area contributed by atoms with Crippen LogP contribution >= 0.6 is 15.9 Å². The van der Waals surface area contributed by atoms with E-state index in [4.69, 9.17) is 5.73 Å². The lowest BCUT2D eigenvalue weighted by Gasteiger charge is -2.37. The molecule has 3 nitrogen and oxygen atoms in total. The molecule has 1 aromatic heterocycles. The third kappa shape index (κ3) is 2.54. The van der Waals surface area contributed by atoms with E-state index in [9.17, 15) is 0 Å². The number of hydrogen-bond acceptors (Lipinski definition) is 3. The Labute approximate surface area is 122 Å². The Morgan fingerprint density at radius 3 is 2.68 bits per heavy atom. The fourth-order valence-corrected chi connectivity index (χ4v) is 2.37. The average Bonchev–Trinajstić information content (AvgIpc) is 2.39. The van der Waals surface area contributed by atoms with Gasteiger partial charge in [0.1, 0.15) is 0 Å². The van der Waals surface area contributed by atoms with Gasteiger partial charge in [-0.3, -0.25) is 4.98 Å². The summed E-state index contributed by atoms with van der Waals surface area (Å²) in [5, 5.41) is 0.991. The van der Waals surface area contributed by atoms with Crippen molar-refractivity contribution >= 4 is 38.2 Å². The Morgan fingerprint density at radius 1 is 1.37 bits per heavy atom. The van der Waals surface area contributed by atoms with Gasteiger partial charge in [0, 0.05) is 34.3 Å². The molecule has 0 saturated heterocycles. The summed E-state index contributed by atoms with van der Waals surface area (Å²) in [5.74, 6) is 0. The van der Waals surface area contributed by atoms with Gasteiger partial charge < -0.3 is 10.6 Å². The zero-order valence-corrected chi connectivity index (χ0v) is 13.5. The van der Waals surface area contributed by atoms with Crippen LogP contribution in [0.2, 0.25) is 0 Å². The molecule has 2 N–H and O–H groups in total. The van der Waals surface area contributed by atoms with Crippen LogP contribution < -0.4 is 10.6 Å². The number of fused-ring (bicyclic) bond motifs is 1. The highest BCUT2D eigenvalue weighted by Gasteiger charge is 2.23. The molecule has 2 rings (SSSR count). The number of aromatic nitrogens is 1. The lowest BCUT2D eigenvalue weighted by molar-refractivity contribution is 0.471. The number of nitrogens with two attached hydrogens (primary N) is 1. The van der Waals surface area contributed by atoms with E-state index in [-0.39, 0.29) is 5.54 Å². The third-order valence-corrected chi connectivity index (χ3v) is 4.40. The van der Waals surface area contributed by atoms with Gasteiger partial charge in [-0.2, -0.15) is 0 Å². The quantitative estimate of drug-likeness (QED) is 0.861. The second-order valence-corrected chi connectivity index (χ2v) is 6.36. The molecule has 0 aliphatic heterocycles. The molecule has 0 aliphatic carbocycles. The van der Waals surface area contributed by atoms with Crippen molar-refractivity contribution < 1.29 is 0 Å². The summed E-state index contributed by atoms with van der Waals surface area (Å²) in [5.41, 5.74) is 8.96. The molecular weight excluding hydrogens is 302 g/mol. The van der Waals surface area contributed by atoms with Crippen molar-refractivity contribution in [1.82, 2.24) is 4.98 Å². The Hall–Kier alpha value is -1.29. The van der Waals surface area contributed by atoms with Gasteiger partial charge in [-0.05, 0) is 54.4 Å². The van der Waals surface area contributed by atoms with Gasteiger partial charge in [-0.15, -0.1) is 0 Å². The lowest BCUT2D eigenvalue weighted by Crippen LogP contribution is -2.40. The summed E-state index contributed by atoms with van der Waals surface area (Å²) in [4.78, 5) is 6.82. The van der Waals surface area contributed by atoms with Crippen LogP contribution in [0.25, 0.3) is 10.9 Å². The maximum atomic E-state index is 6.06. The Morgan fingerprint density at radius 2 is 2.05 bits per heavy atom. The van der Waals surface area contributed by atoms with E-state index in [1.807, 2.05) is 18.3 Å². The van der Waals surface area contributed by atoms with Crippen LogP contribution in [-0.4, -0.2) is 17.6 Å². The third-order valence-electron chi connectivity index (χ3n) is 3.96. The van der Waals surface area contributed by atoms with Crippen molar-refractivity contribution in [3.05, 3.63) is 28.9 Å². The monoisotopic (exact) mass is 321 g/mol. The van der Waals surface area contributed by atoms with E-state index in [2.05, 4.69) is 59.7 Å². The normalized spacial score (nSPS) is 11.8. The molecule has 0 saturated carbocycles. The van der Waals surface area contributed by atoms with E-state index in [1.54, 1.807) is 0 Å². The van der Waals surface area contributed by atoms with Crippen LogP contribution in [0.4, 0.5) is 11.4 Å². The number of halogens is 1. The van der Waals surface area contributed by atoms with Gasteiger partial charge in [0.15, 0.2) is 0 Å². The van der Waals surface area contributed by atoms with Crippen LogP contribution in [0.1, 0.15) is 27.2 Å². The van der Waals surface area contributed by atoms with E-state index in [0.29, 0.717) is 0 Å². The average molecular weight is 322 g/mol. The van der Waals surface area contributed by atoms with Crippen LogP contribution in [0.3, 0.4) is 0 Å². The standard InChI is InChI=1S/C15H20BrN3/c1-5-15(2,3)19(4)13-7-6-12(17)11-8-10(16)9-18-14(11)13/h6-9H,5,17H2,1-4H3. The molecule has 0 spiro atoms. The molecule has 0 fully saturated rings. The first-order valence-corrected chi connectivity index (χ1v) is 7.23. The van der Waals surface area contributed by atoms with Crippen molar-refractivity contribution in [3.63, 3.8) is 0 Å². The highest BCUT2D eigenvalue weighted by atomic mass is 79.9. The van der Waals surface area contributed by atoms with Crippen molar-refractivity contribution in [1.29, 1.82) is 0 Å². The van der Waals surface area contributed by atoms with Crippen LogP contribution in [-0.2, 0) is 0 Å². The predicted molar refractivity (Wildman–Crippen MR) is 86.6 cm³/mol. The highest BCUT2D eigenvalue weighted by Crippen LogP contribution is 2.34. The topological polar surface area (TPSA) is 42.1 Å². The summed E-state index contributed by atoms with van der Waals surface area (Å²) in [6.45, 7) is 6.65. The summed E-state index contributed by atoms with van der Waals surface area (Å²) in [6.07, 6.45) is 2.88. The summed E-state index contributed by atoms with van der Waals surface area (Å²) in [7, 11) is 2.11. The van der Waals surface area contributed by atoms with Gasteiger partial charge in [-0.25, -0.2) is 0 Å². The Kier molecular flexibility index (Phi) is 3.72. The number of anilines is 2. The summed E-state index contributed by atoms with van der Waals surface area (Å²) >= 11 is 3.45. The lowest BCUT2D eigenvalue weighted by atomic mass is 9.98. The molecular formula is C15H20BrN3. The molecule has 4 heteroatoms. The van der Waals surface area contributed by atoms with E-state index in [0.717, 1.165) is 33.2 Å².